The van der Waals surface area contributed by atoms with E-state index in [-0.39, 0.29) is 11.7 Å². The van der Waals surface area contributed by atoms with Crippen LogP contribution in [0.25, 0.3) is 0 Å². The third-order valence-electron chi connectivity index (χ3n) is 4.62. The second-order valence-electron chi connectivity index (χ2n) is 6.47. The number of anilines is 1. The lowest BCUT2D eigenvalue weighted by Gasteiger charge is -2.24. The van der Waals surface area contributed by atoms with Crippen molar-refractivity contribution in [3.8, 4) is 0 Å². The van der Waals surface area contributed by atoms with Crippen molar-refractivity contribution in [2.75, 3.05) is 37.6 Å². The molecule has 0 atom stereocenters. The Morgan fingerprint density at radius 1 is 1.19 bits per heavy atom. The summed E-state index contributed by atoms with van der Waals surface area (Å²) in [6.07, 6.45) is 2.68. The minimum Gasteiger partial charge on any atom is -0.370 e. The number of pyridine rings is 1. The fourth-order valence-electron chi connectivity index (χ4n) is 3.25. The molecule has 5 nitrogen and oxygen atoms in total. The molecule has 1 saturated heterocycles. The van der Waals surface area contributed by atoms with Crippen molar-refractivity contribution >= 4 is 11.6 Å². The van der Waals surface area contributed by atoms with Gasteiger partial charge in [-0.05, 0) is 31.5 Å². The van der Waals surface area contributed by atoms with E-state index in [4.69, 9.17) is 0 Å². The quantitative estimate of drug-likeness (QED) is 0.895. The van der Waals surface area contributed by atoms with Gasteiger partial charge in [-0.2, -0.15) is 0 Å². The van der Waals surface area contributed by atoms with E-state index in [9.17, 15) is 9.18 Å². The van der Waals surface area contributed by atoms with Crippen LogP contribution in [0.2, 0.25) is 0 Å². The van der Waals surface area contributed by atoms with Crippen molar-refractivity contribution < 1.29 is 9.18 Å². The second kappa shape index (κ2) is 8.76. The molecule has 2 heterocycles. The van der Waals surface area contributed by atoms with Crippen LogP contribution in [0.5, 0.6) is 0 Å². The first kappa shape index (κ1) is 18.3. The molecule has 3 rings (SSSR count). The van der Waals surface area contributed by atoms with E-state index in [1.54, 1.807) is 12.3 Å². The Morgan fingerprint density at radius 3 is 2.85 bits per heavy atom. The highest BCUT2D eigenvalue weighted by Crippen LogP contribution is 2.18. The van der Waals surface area contributed by atoms with Crippen molar-refractivity contribution in [3.05, 3.63) is 59.7 Å². The highest BCUT2D eigenvalue weighted by molar-refractivity contribution is 5.93. The number of carbonyl (C=O) groups is 1. The number of hydrogen-bond donors (Lipinski definition) is 1. The first-order valence-electron chi connectivity index (χ1n) is 9.12. The average molecular weight is 356 g/mol. The number of hydrogen-bond acceptors (Lipinski definition) is 4. The van der Waals surface area contributed by atoms with E-state index in [1.807, 2.05) is 31.2 Å². The van der Waals surface area contributed by atoms with Gasteiger partial charge in [-0.3, -0.25) is 14.7 Å². The summed E-state index contributed by atoms with van der Waals surface area (Å²) in [5.74, 6) is -0.292. The molecule has 6 heteroatoms. The van der Waals surface area contributed by atoms with Crippen molar-refractivity contribution in [2.24, 2.45) is 0 Å². The fourth-order valence-corrected chi connectivity index (χ4v) is 3.25. The maximum atomic E-state index is 13.9. The Morgan fingerprint density at radius 2 is 2.04 bits per heavy atom. The van der Waals surface area contributed by atoms with Crippen molar-refractivity contribution in [2.45, 2.75) is 19.9 Å². The van der Waals surface area contributed by atoms with Crippen LogP contribution in [0.3, 0.4) is 0 Å². The molecule has 26 heavy (non-hydrogen) atoms. The van der Waals surface area contributed by atoms with Gasteiger partial charge in [0.15, 0.2) is 0 Å². The number of carbonyl (C=O) groups excluding carboxylic acids is 1. The number of halogens is 1. The van der Waals surface area contributed by atoms with Gasteiger partial charge < -0.3 is 10.2 Å². The number of amides is 1. The zero-order chi connectivity index (χ0) is 18.4. The lowest BCUT2D eigenvalue weighted by atomic mass is 10.2. The lowest BCUT2D eigenvalue weighted by Crippen LogP contribution is -2.31. The Labute approximate surface area is 153 Å². The molecule has 1 aromatic heterocycles. The summed E-state index contributed by atoms with van der Waals surface area (Å²) in [6, 6.07) is 10.7. The Hall–Kier alpha value is -2.47. The summed E-state index contributed by atoms with van der Waals surface area (Å²) in [7, 11) is 0. The van der Waals surface area contributed by atoms with Gasteiger partial charge in [0.2, 0.25) is 0 Å². The second-order valence-corrected chi connectivity index (χ2v) is 6.47. The molecular formula is C20H25FN4O. The Balaban J connectivity index is 1.64. The van der Waals surface area contributed by atoms with Gasteiger partial charge in [-0.25, -0.2) is 4.39 Å². The van der Waals surface area contributed by atoms with Crippen LogP contribution >= 0.6 is 0 Å². The molecule has 1 amide bonds. The largest absolute Gasteiger partial charge is 0.370 e. The molecule has 1 fully saturated rings. The molecule has 0 unspecified atom stereocenters. The maximum Gasteiger partial charge on any atom is 0.269 e. The molecular weight excluding hydrogens is 331 g/mol. The molecule has 0 radical (unpaired) electrons. The van der Waals surface area contributed by atoms with Crippen molar-refractivity contribution in [3.63, 3.8) is 0 Å². The summed E-state index contributed by atoms with van der Waals surface area (Å²) in [5.41, 5.74) is 2.19. The van der Waals surface area contributed by atoms with Crippen LogP contribution in [0, 0.1) is 5.82 Å². The zero-order valence-electron chi connectivity index (χ0n) is 15.1. The van der Waals surface area contributed by atoms with E-state index in [0.717, 1.165) is 43.9 Å². The standard InChI is InChI=1S/C20H25FN4O/c1-2-22-20(26)19-14-17(8-9-23-19)25-11-5-10-24(12-13-25)15-16-6-3-4-7-18(16)21/h3-4,6-9,14H,2,5,10-13,15H2,1H3,(H,22,26). The molecule has 1 aliphatic heterocycles. The highest BCUT2D eigenvalue weighted by atomic mass is 19.1. The minimum atomic E-state index is -0.148. The first-order chi connectivity index (χ1) is 12.7. The van der Waals surface area contributed by atoms with E-state index in [0.29, 0.717) is 18.8 Å². The maximum absolute atomic E-state index is 13.9. The number of benzene rings is 1. The fraction of sp³-hybridized carbons (Fsp3) is 0.400. The summed E-state index contributed by atoms with van der Waals surface area (Å²) in [6.45, 7) is 6.63. The van der Waals surface area contributed by atoms with Crippen molar-refractivity contribution in [1.82, 2.24) is 15.2 Å². The summed E-state index contributed by atoms with van der Waals surface area (Å²) in [5, 5.41) is 2.78. The normalized spacial score (nSPS) is 15.5. The predicted molar refractivity (Wildman–Crippen MR) is 101 cm³/mol. The average Bonchev–Trinajstić information content (AvgIpc) is 2.90. The Bertz CT molecular complexity index is 752. The van der Waals surface area contributed by atoms with Crippen molar-refractivity contribution in [1.29, 1.82) is 0 Å². The number of aromatic nitrogens is 1. The van der Waals surface area contributed by atoms with E-state index in [2.05, 4.69) is 20.1 Å². The van der Waals surface area contributed by atoms with Gasteiger partial charge in [-0.15, -0.1) is 0 Å². The van der Waals surface area contributed by atoms with E-state index >= 15 is 0 Å². The Kier molecular flexibility index (Phi) is 6.17. The van der Waals surface area contributed by atoms with Gasteiger partial charge in [0.1, 0.15) is 11.5 Å². The topological polar surface area (TPSA) is 48.5 Å². The third kappa shape index (κ3) is 4.58. The van der Waals surface area contributed by atoms with Gasteiger partial charge in [0.05, 0.1) is 0 Å². The van der Waals surface area contributed by atoms with Crippen LogP contribution in [-0.4, -0.2) is 48.5 Å². The molecule has 2 aromatic rings. The molecule has 1 aliphatic rings. The van der Waals surface area contributed by atoms with Crippen LogP contribution < -0.4 is 10.2 Å². The molecule has 0 bridgehead atoms. The van der Waals surface area contributed by atoms with Gasteiger partial charge in [-0.1, -0.05) is 18.2 Å². The molecule has 0 saturated carbocycles. The summed E-state index contributed by atoms with van der Waals surface area (Å²) in [4.78, 5) is 20.7. The number of nitrogens with zero attached hydrogens (tertiary/aromatic N) is 3. The summed E-state index contributed by atoms with van der Waals surface area (Å²) >= 11 is 0. The zero-order valence-corrected chi connectivity index (χ0v) is 15.1. The number of nitrogens with one attached hydrogen (secondary N) is 1. The molecule has 138 valence electrons. The van der Waals surface area contributed by atoms with Crippen LogP contribution in [0.4, 0.5) is 10.1 Å². The molecule has 0 spiro atoms. The summed E-state index contributed by atoms with van der Waals surface area (Å²) < 4.78 is 13.9. The smallest absolute Gasteiger partial charge is 0.269 e. The van der Waals surface area contributed by atoms with Crippen LogP contribution in [0.1, 0.15) is 29.4 Å². The highest BCUT2D eigenvalue weighted by Gasteiger charge is 2.17. The van der Waals surface area contributed by atoms with Gasteiger partial charge in [0, 0.05) is 56.7 Å². The van der Waals surface area contributed by atoms with Crippen LogP contribution in [-0.2, 0) is 6.54 Å². The SMILES string of the molecule is CCNC(=O)c1cc(N2CCCN(Cc3ccccc3F)CC2)ccn1. The molecule has 1 N–H and O–H groups in total. The van der Waals surface area contributed by atoms with E-state index < -0.39 is 0 Å². The predicted octanol–water partition coefficient (Wildman–Crippen LogP) is 2.68. The third-order valence-corrected chi connectivity index (χ3v) is 4.62. The lowest BCUT2D eigenvalue weighted by molar-refractivity contribution is 0.0951. The van der Waals surface area contributed by atoms with Gasteiger partial charge >= 0.3 is 0 Å². The first-order valence-corrected chi connectivity index (χ1v) is 9.12. The number of rotatable bonds is 5. The van der Waals surface area contributed by atoms with Crippen LogP contribution in [0.15, 0.2) is 42.6 Å². The van der Waals surface area contributed by atoms with Gasteiger partial charge in [0.25, 0.3) is 5.91 Å². The van der Waals surface area contributed by atoms with E-state index in [1.165, 1.54) is 6.07 Å². The molecule has 1 aromatic carbocycles. The minimum absolute atomic E-state index is 0.144. The monoisotopic (exact) mass is 356 g/mol. The molecule has 0 aliphatic carbocycles.